The van der Waals surface area contributed by atoms with Crippen LogP contribution in [0.2, 0.25) is 0 Å². The fourth-order valence-electron chi connectivity index (χ4n) is 3.54. The quantitative estimate of drug-likeness (QED) is 0.793. The first-order valence-corrected chi connectivity index (χ1v) is 8.82. The van der Waals surface area contributed by atoms with Crippen LogP contribution in [0.4, 0.5) is 0 Å². The van der Waals surface area contributed by atoms with Gasteiger partial charge in [0.25, 0.3) is 0 Å². The summed E-state index contributed by atoms with van der Waals surface area (Å²) in [6, 6.07) is 0.454. The van der Waals surface area contributed by atoms with Crippen LogP contribution in [0.3, 0.4) is 0 Å². The summed E-state index contributed by atoms with van der Waals surface area (Å²) in [6.45, 7) is 7.20. The summed E-state index contributed by atoms with van der Waals surface area (Å²) in [6.07, 6.45) is 11.2. The third-order valence-electron chi connectivity index (χ3n) is 4.99. The molecule has 2 aliphatic carbocycles. The van der Waals surface area contributed by atoms with Crippen molar-refractivity contribution in [3.05, 3.63) is 0 Å². The molecule has 2 rings (SSSR count). The van der Waals surface area contributed by atoms with Gasteiger partial charge in [0.2, 0.25) is 0 Å². The van der Waals surface area contributed by atoms with Crippen molar-refractivity contribution in [1.29, 1.82) is 0 Å². The van der Waals surface area contributed by atoms with Gasteiger partial charge in [-0.05, 0) is 43.4 Å². The smallest absolute Gasteiger partial charge is 0.0204 e. The molecule has 2 saturated carbocycles. The molecule has 0 radical (unpaired) electrons. The molecule has 0 bridgehead atoms. The molecule has 0 aromatic rings. The van der Waals surface area contributed by atoms with Gasteiger partial charge in [-0.1, -0.05) is 40.0 Å². The van der Waals surface area contributed by atoms with E-state index >= 15 is 0 Å². The molecule has 0 amide bonds. The highest BCUT2D eigenvalue weighted by molar-refractivity contribution is 8.00. The average molecular weight is 269 g/mol. The van der Waals surface area contributed by atoms with E-state index in [4.69, 9.17) is 5.73 Å². The predicted molar refractivity (Wildman–Crippen MR) is 83.0 cm³/mol. The van der Waals surface area contributed by atoms with E-state index in [1.54, 1.807) is 0 Å². The Hall–Kier alpha value is 0.310. The normalized spacial score (nSPS) is 35.7. The van der Waals surface area contributed by atoms with Crippen LogP contribution in [-0.2, 0) is 0 Å². The van der Waals surface area contributed by atoms with Crippen molar-refractivity contribution in [3.63, 3.8) is 0 Å². The maximum absolute atomic E-state index is 6.38. The molecular formula is C16H31NS. The zero-order valence-electron chi connectivity index (χ0n) is 12.5. The summed E-state index contributed by atoms with van der Waals surface area (Å²) in [5.41, 5.74) is 6.84. The molecular weight excluding hydrogens is 238 g/mol. The number of hydrogen-bond acceptors (Lipinski definition) is 2. The summed E-state index contributed by atoms with van der Waals surface area (Å²) in [7, 11) is 0. The third-order valence-corrected chi connectivity index (χ3v) is 6.73. The highest BCUT2D eigenvalue weighted by Crippen LogP contribution is 2.43. The molecule has 2 fully saturated rings. The zero-order valence-corrected chi connectivity index (χ0v) is 13.3. The van der Waals surface area contributed by atoms with Gasteiger partial charge in [0.05, 0.1) is 0 Å². The minimum Gasteiger partial charge on any atom is -0.327 e. The van der Waals surface area contributed by atoms with Crippen LogP contribution < -0.4 is 5.73 Å². The maximum atomic E-state index is 6.38. The van der Waals surface area contributed by atoms with E-state index in [2.05, 4.69) is 32.5 Å². The van der Waals surface area contributed by atoms with Gasteiger partial charge >= 0.3 is 0 Å². The first-order valence-electron chi connectivity index (χ1n) is 7.88. The lowest BCUT2D eigenvalue weighted by Crippen LogP contribution is -2.42. The van der Waals surface area contributed by atoms with E-state index < -0.39 is 0 Å². The molecule has 3 atom stereocenters. The van der Waals surface area contributed by atoms with Gasteiger partial charge in [0, 0.05) is 16.5 Å². The van der Waals surface area contributed by atoms with E-state index in [0.717, 1.165) is 16.4 Å². The van der Waals surface area contributed by atoms with E-state index in [0.29, 0.717) is 11.5 Å². The Kier molecular flexibility index (Phi) is 5.05. The average Bonchev–Trinajstić information content (AvgIpc) is 2.32. The molecule has 1 nitrogen and oxygen atoms in total. The molecule has 0 aliphatic heterocycles. The first-order chi connectivity index (χ1) is 8.47. The van der Waals surface area contributed by atoms with Gasteiger partial charge in [-0.3, -0.25) is 0 Å². The zero-order chi connectivity index (χ0) is 13.2. The van der Waals surface area contributed by atoms with Crippen molar-refractivity contribution in [2.75, 3.05) is 0 Å². The lowest BCUT2D eigenvalue weighted by atomic mass is 9.71. The summed E-state index contributed by atoms with van der Waals surface area (Å²) >= 11 is 2.24. The van der Waals surface area contributed by atoms with Gasteiger partial charge in [0.1, 0.15) is 0 Å². The molecule has 0 spiro atoms. The second-order valence-corrected chi connectivity index (χ2v) is 9.02. The van der Waals surface area contributed by atoms with Crippen LogP contribution in [0.1, 0.15) is 72.1 Å². The van der Waals surface area contributed by atoms with Crippen molar-refractivity contribution in [2.45, 2.75) is 88.7 Å². The molecule has 0 aromatic heterocycles. The highest BCUT2D eigenvalue weighted by Gasteiger charge is 2.35. The Morgan fingerprint density at radius 1 is 0.944 bits per heavy atom. The van der Waals surface area contributed by atoms with Crippen LogP contribution in [0.25, 0.3) is 0 Å². The number of thioether (sulfide) groups is 1. The van der Waals surface area contributed by atoms with Crippen molar-refractivity contribution in [3.8, 4) is 0 Å². The van der Waals surface area contributed by atoms with Crippen molar-refractivity contribution < 1.29 is 0 Å². The Bertz CT molecular complexity index is 252. The van der Waals surface area contributed by atoms with Gasteiger partial charge < -0.3 is 5.73 Å². The standard InChI is InChI=1S/C16H31NS/c1-16(2,3)12-9-10-14(17)15(11-12)18-13-7-5-4-6-8-13/h12-15H,4-11,17H2,1-3H3. The number of rotatable bonds is 2. The lowest BCUT2D eigenvalue weighted by Gasteiger charge is -2.41. The van der Waals surface area contributed by atoms with Crippen molar-refractivity contribution in [2.24, 2.45) is 17.1 Å². The predicted octanol–water partition coefficient (Wildman–Crippen LogP) is 4.59. The molecule has 0 saturated heterocycles. The minimum atomic E-state index is 0.454. The number of nitrogens with two attached hydrogens (primary N) is 1. The lowest BCUT2D eigenvalue weighted by molar-refractivity contribution is 0.174. The van der Waals surface area contributed by atoms with E-state index in [1.165, 1.54) is 51.4 Å². The van der Waals surface area contributed by atoms with Crippen LogP contribution in [-0.4, -0.2) is 16.5 Å². The Morgan fingerprint density at radius 2 is 1.61 bits per heavy atom. The second kappa shape index (κ2) is 6.17. The van der Waals surface area contributed by atoms with Crippen LogP contribution in [0.5, 0.6) is 0 Å². The minimum absolute atomic E-state index is 0.454. The van der Waals surface area contributed by atoms with Gasteiger partial charge in [-0.25, -0.2) is 0 Å². The van der Waals surface area contributed by atoms with Gasteiger partial charge in [0.15, 0.2) is 0 Å². The highest BCUT2D eigenvalue weighted by atomic mass is 32.2. The monoisotopic (exact) mass is 269 g/mol. The van der Waals surface area contributed by atoms with Crippen molar-refractivity contribution >= 4 is 11.8 Å². The first kappa shape index (κ1) is 14.7. The summed E-state index contributed by atoms with van der Waals surface area (Å²) in [5.74, 6) is 0.874. The molecule has 2 aliphatic rings. The molecule has 106 valence electrons. The van der Waals surface area contributed by atoms with Crippen LogP contribution in [0.15, 0.2) is 0 Å². The fraction of sp³-hybridized carbons (Fsp3) is 1.00. The van der Waals surface area contributed by atoms with E-state index in [9.17, 15) is 0 Å². The Morgan fingerprint density at radius 3 is 2.22 bits per heavy atom. The SMILES string of the molecule is CC(C)(C)C1CCC(N)C(SC2CCCCC2)C1. The van der Waals surface area contributed by atoms with Crippen LogP contribution >= 0.6 is 11.8 Å². The van der Waals surface area contributed by atoms with Gasteiger partial charge in [-0.15, -0.1) is 0 Å². The molecule has 2 N–H and O–H groups in total. The van der Waals surface area contributed by atoms with Gasteiger partial charge in [-0.2, -0.15) is 11.8 Å². The second-order valence-electron chi connectivity index (χ2n) is 7.47. The van der Waals surface area contributed by atoms with E-state index in [-0.39, 0.29) is 0 Å². The van der Waals surface area contributed by atoms with Crippen molar-refractivity contribution in [1.82, 2.24) is 0 Å². The van der Waals surface area contributed by atoms with Crippen LogP contribution in [0, 0.1) is 11.3 Å². The third kappa shape index (κ3) is 3.90. The molecule has 0 aromatic carbocycles. The number of hydrogen-bond donors (Lipinski definition) is 1. The topological polar surface area (TPSA) is 26.0 Å². The molecule has 3 unspecified atom stereocenters. The molecule has 2 heteroatoms. The van der Waals surface area contributed by atoms with E-state index in [1.807, 2.05) is 0 Å². The Labute approximate surface area is 118 Å². The Balaban J connectivity index is 1.88. The summed E-state index contributed by atoms with van der Waals surface area (Å²) < 4.78 is 0. The molecule has 18 heavy (non-hydrogen) atoms. The fourth-order valence-corrected chi connectivity index (χ4v) is 5.33. The largest absolute Gasteiger partial charge is 0.327 e. The summed E-state index contributed by atoms with van der Waals surface area (Å²) in [4.78, 5) is 0. The summed E-state index contributed by atoms with van der Waals surface area (Å²) in [5, 5.41) is 1.64. The maximum Gasteiger partial charge on any atom is 0.0204 e. The molecule has 0 heterocycles.